The molecule has 0 heterocycles. The number of hydrogen-bond donors (Lipinski definition) is 1. The zero-order chi connectivity index (χ0) is 14.6. The highest BCUT2D eigenvalue weighted by molar-refractivity contribution is 5.67. The van der Waals surface area contributed by atoms with Crippen LogP contribution in [0.25, 0.3) is 0 Å². The van der Waals surface area contributed by atoms with Crippen LogP contribution in [0.2, 0.25) is 0 Å². The van der Waals surface area contributed by atoms with Crippen LogP contribution in [0.3, 0.4) is 0 Å². The maximum Gasteiger partial charge on any atom is 0.303 e. The van der Waals surface area contributed by atoms with E-state index in [4.69, 9.17) is 9.84 Å². The Morgan fingerprint density at radius 2 is 2.10 bits per heavy atom. The van der Waals surface area contributed by atoms with Crippen molar-refractivity contribution in [2.24, 2.45) is 0 Å². The molecule has 20 heavy (non-hydrogen) atoms. The fourth-order valence-electron chi connectivity index (χ4n) is 2.33. The number of benzene rings is 1. The van der Waals surface area contributed by atoms with E-state index in [1.807, 2.05) is 0 Å². The molecular formula is C15H18F2O3. The van der Waals surface area contributed by atoms with E-state index in [-0.39, 0.29) is 12.8 Å². The molecule has 1 saturated carbocycles. The Morgan fingerprint density at radius 3 is 2.60 bits per heavy atom. The van der Waals surface area contributed by atoms with Gasteiger partial charge < -0.3 is 9.84 Å². The average Bonchev–Trinajstić information content (AvgIpc) is 2.43. The summed E-state index contributed by atoms with van der Waals surface area (Å²) >= 11 is 0. The summed E-state index contributed by atoms with van der Waals surface area (Å²) < 4.78 is 31.9. The van der Waals surface area contributed by atoms with Crippen molar-refractivity contribution >= 4 is 5.97 Å². The number of carboxylic acids is 1. The van der Waals surface area contributed by atoms with E-state index in [2.05, 4.69) is 0 Å². The predicted octanol–water partition coefficient (Wildman–Crippen LogP) is 3.31. The molecule has 110 valence electrons. The Labute approximate surface area is 116 Å². The van der Waals surface area contributed by atoms with Gasteiger partial charge in [0.05, 0.1) is 6.67 Å². The first-order chi connectivity index (χ1) is 9.53. The standard InChI is InChI=1S/C15H18F2O3/c16-10-9-15(17)8-7-13(15)20-12-4-1-11(2-5-12)3-6-14(18)19/h1-2,4-5,13H,3,6-10H2,(H,18,19). The van der Waals surface area contributed by atoms with Crippen molar-refractivity contribution in [3.63, 3.8) is 0 Å². The Hall–Kier alpha value is -1.65. The van der Waals surface area contributed by atoms with Crippen molar-refractivity contribution in [1.29, 1.82) is 0 Å². The summed E-state index contributed by atoms with van der Waals surface area (Å²) in [5.74, 6) is -0.303. The van der Waals surface area contributed by atoms with Crippen LogP contribution < -0.4 is 4.74 Å². The van der Waals surface area contributed by atoms with Gasteiger partial charge in [0.25, 0.3) is 0 Å². The smallest absolute Gasteiger partial charge is 0.303 e. The molecule has 0 amide bonds. The van der Waals surface area contributed by atoms with Crippen LogP contribution in [0.4, 0.5) is 8.78 Å². The number of ether oxygens (including phenoxy) is 1. The first-order valence-electron chi connectivity index (χ1n) is 6.76. The van der Waals surface area contributed by atoms with E-state index in [1.54, 1.807) is 24.3 Å². The molecule has 0 bridgehead atoms. The molecule has 1 fully saturated rings. The van der Waals surface area contributed by atoms with Gasteiger partial charge in [-0.1, -0.05) is 12.1 Å². The van der Waals surface area contributed by atoms with Gasteiger partial charge in [0.1, 0.15) is 17.5 Å². The van der Waals surface area contributed by atoms with E-state index in [9.17, 15) is 13.6 Å². The number of carbonyl (C=O) groups is 1. The number of aryl methyl sites for hydroxylation is 1. The van der Waals surface area contributed by atoms with E-state index in [0.29, 0.717) is 25.0 Å². The van der Waals surface area contributed by atoms with Gasteiger partial charge in [0.2, 0.25) is 0 Å². The van der Waals surface area contributed by atoms with Gasteiger partial charge in [0.15, 0.2) is 0 Å². The first kappa shape index (κ1) is 14.8. The van der Waals surface area contributed by atoms with Crippen molar-refractivity contribution in [2.45, 2.75) is 43.9 Å². The number of alkyl halides is 2. The minimum Gasteiger partial charge on any atom is -0.487 e. The molecule has 1 N–H and O–H groups in total. The molecule has 0 saturated heterocycles. The third-order valence-corrected chi connectivity index (χ3v) is 3.74. The summed E-state index contributed by atoms with van der Waals surface area (Å²) in [6, 6.07) is 6.94. The molecule has 1 aromatic rings. The van der Waals surface area contributed by atoms with Gasteiger partial charge in [0, 0.05) is 12.8 Å². The first-order valence-corrected chi connectivity index (χ1v) is 6.76. The highest BCUT2D eigenvalue weighted by atomic mass is 19.1. The van der Waals surface area contributed by atoms with Crippen LogP contribution in [0, 0.1) is 0 Å². The lowest BCUT2D eigenvalue weighted by atomic mass is 9.76. The number of carboxylic acid groups (broad SMARTS) is 1. The van der Waals surface area contributed by atoms with Gasteiger partial charge in [-0.2, -0.15) is 0 Å². The number of hydrogen-bond acceptors (Lipinski definition) is 2. The van der Waals surface area contributed by atoms with Crippen LogP contribution in [0.5, 0.6) is 5.75 Å². The molecule has 1 aliphatic carbocycles. The number of aliphatic carboxylic acids is 1. The van der Waals surface area contributed by atoms with Crippen LogP contribution in [-0.4, -0.2) is 29.5 Å². The van der Waals surface area contributed by atoms with Crippen LogP contribution in [0.1, 0.15) is 31.2 Å². The predicted molar refractivity (Wildman–Crippen MR) is 70.5 cm³/mol. The Bertz CT molecular complexity index is 461. The van der Waals surface area contributed by atoms with Crippen LogP contribution >= 0.6 is 0 Å². The Morgan fingerprint density at radius 1 is 1.40 bits per heavy atom. The van der Waals surface area contributed by atoms with E-state index in [0.717, 1.165) is 5.56 Å². The minimum absolute atomic E-state index is 0.0763. The van der Waals surface area contributed by atoms with Crippen LogP contribution in [-0.2, 0) is 11.2 Å². The van der Waals surface area contributed by atoms with E-state index in [1.165, 1.54) is 0 Å². The topological polar surface area (TPSA) is 46.5 Å². The van der Waals surface area contributed by atoms with Crippen molar-refractivity contribution in [1.82, 2.24) is 0 Å². The molecule has 5 heteroatoms. The molecule has 1 aromatic carbocycles. The lowest BCUT2D eigenvalue weighted by Gasteiger charge is -2.42. The minimum atomic E-state index is -1.54. The van der Waals surface area contributed by atoms with Gasteiger partial charge >= 0.3 is 5.97 Å². The van der Waals surface area contributed by atoms with Gasteiger partial charge in [-0.25, -0.2) is 4.39 Å². The third-order valence-electron chi connectivity index (χ3n) is 3.74. The zero-order valence-electron chi connectivity index (χ0n) is 11.1. The molecular weight excluding hydrogens is 266 g/mol. The van der Waals surface area contributed by atoms with Crippen molar-refractivity contribution in [3.8, 4) is 5.75 Å². The molecule has 0 spiro atoms. The molecule has 0 aliphatic heterocycles. The molecule has 2 atom stereocenters. The summed E-state index contributed by atoms with van der Waals surface area (Å²) in [5, 5.41) is 8.60. The lowest BCUT2D eigenvalue weighted by molar-refractivity contribution is -0.136. The maximum atomic E-state index is 14.1. The second-order valence-corrected chi connectivity index (χ2v) is 5.16. The fourth-order valence-corrected chi connectivity index (χ4v) is 2.33. The molecule has 0 aromatic heterocycles. The van der Waals surface area contributed by atoms with Gasteiger partial charge in [-0.05, 0) is 37.0 Å². The molecule has 3 nitrogen and oxygen atoms in total. The maximum absolute atomic E-state index is 14.1. The molecule has 0 radical (unpaired) electrons. The summed E-state index contributed by atoms with van der Waals surface area (Å²) in [7, 11) is 0. The van der Waals surface area contributed by atoms with E-state index < -0.39 is 24.4 Å². The largest absolute Gasteiger partial charge is 0.487 e. The SMILES string of the molecule is O=C(O)CCc1ccc(OC2CCC2(F)CCF)cc1. The van der Waals surface area contributed by atoms with Crippen molar-refractivity contribution < 1.29 is 23.4 Å². The van der Waals surface area contributed by atoms with Gasteiger partial charge in [-0.15, -0.1) is 0 Å². The highest BCUT2D eigenvalue weighted by Crippen LogP contribution is 2.41. The summed E-state index contributed by atoms with van der Waals surface area (Å²) in [5.41, 5.74) is -0.653. The number of halogens is 2. The third kappa shape index (κ3) is 3.46. The number of rotatable bonds is 7. The average molecular weight is 284 g/mol. The summed E-state index contributed by atoms with van der Waals surface area (Å²) in [6.45, 7) is -0.676. The highest BCUT2D eigenvalue weighted by Gasteiger charge is 2.49. The van der Waals surface area contributed by atoms with E-state index >= 15 is 0 Å². The Balaban J connectivity index is 1.89. The van der Waals surface area contributed by atoms with Crippen LogP contribution in [0.15, 0.2) is 24.3 Å². The molecule has 2 unspecified atom stereocenters. The van der Waals surface area contributed by atoms with Crippen molar-refractivity contribution in [2.75, 3.05) is 6.67 Å². The zero-order valence-corrected chi connectivity index (χ0v) is 11.1. The lowest BCUT2D eigenvalue weighted by Crippen LogP contribution is -2.51. The monoisotopic (exact) mass is 284 g/mol. The fraction of sp³-hybridized carbons (Fsp3) is 0.533. The second-order valence-electron chi connectivity index (χ2n) is 5.16. The van der Waals surface area contributed by atoms with Crippen molar-refractivity contribution in [3.05, 3.63) is 29.8 Å². The molecule has 1 aliphatic rings. The Kier molecular flexibility index (Phi) is 4.57. The van der Waals surface area contributed by atoms with Gasteiger partial charge in [-0.3, -0.25) is 9.18 Å². The summed E-state index contributed by atoms with van der Waals surface area (Å²) in [4.78, 5) is 10.5. The quantitative estimate of drug-likeness (QED) is 0.835. The molecule has 2 rings (SSSR count). The summed E-state index contributed by atoms with van der Waals surface area (Å²) in [6.07, 6.45) is 0.772. The second kappa shape index (κ2) is 6.20. The normalized spacial score (nSPS) is 25.0.